The molecule has 0 bridgehead atoms. The first-order chi connectivity index (χ1) is 9.88. The predicted molar refractivity (Wildman–Crippen MR) is 83.2 cm³/mol. The number of hydrogen-bond acceptors (Lipinski definition) is 1. The van der Waals surface area contributed by atoms with Crippen molar-refractivity contribution in [3.05, 3.63) is 69.5 Å². The number of carbonyl (C=O) groups is 1. The lowest BCUT2D eigenvalue weighted by molar-refractivity contribution is 0.0936. The van der Waals surface area contributed by atoms with Crippen LogP contribution in [0.4, 0.5) is 4.39 Å². The Hall–Kier alpha value is -1.87. The Morgan fingerprint density at radius 2 is 1.90 bits per heavy atom. The van der Waals surface area contributed by atoms with Gasteiger partial charge in [-0.15, -0.1) is 0 Å². The highest BCUT2D eigenvalue weighted by atomic mass is 35.5. The summed E-state index contributed by atoms with van der Waals surface area (Å²) in [5, 5.41) is 3.08. The van der Waals surface area contributed by atoms with Crippen molar-refractivity contribution in [1.29, 1.82) is 0 Å². The van der Waals surface area contributed by atoms with E-state index in [-0.39, 0.29) is 16.6 Å². The van der Waals surface area contributed by atoms with E-state index in [0.717, 1.165) is 17.2 Å². The topological polar surface area (TPSA) is 29.1 Å². The number of hydrogen-bond donors (Lipinski definition) is 1. The van der Waals surface area contributed by atoms with Crippen LogP contribution in [0.1, 0.15) is 40.0 Å². The van der Waals surface area contributed by atoms with Gasteiger partial charge in [0.05, 0.1) is 11.6 Å². The van der Waals surface area contributed by atoms with Gasteiger partial charge in [-0.3, -0.25) is 4.79 Å². The van der Waals surface area contributed by atoms with Crippen molar-refractivity contribution >= 4 is 17.5 Å². The molecule has 0 saturated carbocycles. The number of amides is 1. The lowest BCUT2D eigenvalue weighted by Crippen LogP contribution is -2.27. The van der Waals surface area contributed by atoms with E-state index in [0.29, 0.717) is 0 Å². The number of benzene rings is 2. The van der Waals surface area contributed by atoms with Crippen LogP contribution in [0, 0.1) is 19.7 Å². The zero-order valence-corrected chi connectivity index (χ0v) is 13.0. The smallest absolute Gasteiger partial charge is 0.254 e. The van der Waals surface area contributed by atoms with Crippen LogP contribution in [0.25, 0.3) is 0 Å². The maximum atomic E-state index is 13.7. The van der Waals surface area contributed by atoms with E-state index in [1.54, 1.807) is 0 Å². The maximum absolute atomic E-state index is 13.7. The van der Waals surface area contributed by atoms with E-state index in [1.165, 1.54) is 17.7 Å². The van der Waals surface area contributed by atoms with Crippen LogP contribution in [-0.2, 0) is 0 Å². The van der Waals surface area contributed by atoms with Crippen LogP contribution in [0.15, 0.2) is 36.4 Å². The molecule has 0 fully saturated rings. The summed E-state index contributed by atoms with van der Waals surface area (Å²) in [6, 6.07) is 9.86. The Morgan fingerprint density at radius 3 is 2.52 bits per heavy atom. The third-order valence-corrected chi connectivity index (χ3v) is 3.65. The number of halogens is 2. The molecule has 2 nitrogen and oxygen atoms in total. The average Bonchev–Trinajstić information content (AvgIpc) is 2.37. The van der Waals surface area contributed by atoms with Crippen molar-refractivity contribution in [1.82, 2.24) is 5.32 Å². The molecule has 21 heavy (non-hydrogen) atoms. The summed E-state index contributed by atoms with van der Waals surface area (Å²) in [7, 11) is 0. The van der Waals surface area contributed by atoms with Crippen LogP contribution in [0.5, 0.6) is 0 Å². The van der Waals surface area contributed by atoms with Crippen molar-refractivity contribution in [2.75, 3.05) is 0 Å². The van der Waals surface area contributed by atoms with E-state index < -0.39 is 11.7 Å². The van der Waals surface area contributed by atoms with E-state index in [2.05, 4.69) is 11.4 Å². The van der Waals surface area contributed by atoms with Crippen molar-refractivity contribution < 1.29 is 9.18 Å². The molecule has 1 N–H and O–H groups in total. The molecule has 0 saturated heterocycles. The largest absolute Gasteiger partial charge is 0.345 e. The number of rotatable bonds is 3. The van der Waals surface area contributed by atoms with Crippen LogP contribution in [-0.4, -0.2) is 5.91 Å². The molecule has 1 amide bonds. The van der Waals surface area contributed by atoms with Gasteiger partial charge in [0.2, 0.25) is 0 Å². The Balaban J connectivity index is 2.18. The molecule has 0 spiro atoms. The van der Waals surface area contributed by atoms with Crippen molar-refractivity contribution in [2.45, 2.75) is 26.8 Å². The van der Waals surface area contributed by atoms with Crippen LogP contribution in [0.2, 0.25) is 5.02 Å². The Labute approximate surface area is 128 Å². The van der Waals surface area contributed by atoms with Gasteiger partial charge in [-0.05, 0) is 50.1 Å². The summed E-state index contributed by atoms with van der Waals surface area (Å²) in [6.45, 7) is 5.89. The first-order valence-electron chi connectivity index (χ1n) is 6.71. The molecule has 0 heterocycles. The minimum atomic E-state index is -0.618. The number of carbonyl (C=O) groups excluding carboxylic acids is 1. The van der Waals surface area contributed by atoms with Gasteiger partial charge >= 0.3 is 0 Å². The lowest BCUT2D eigenvalue weighted by Gasteiger charge is -2.17. The van der Waals surface area contributed by atoms with Crippen LogP contribution < -0.4 is 5.32 Å². The first kappa shape index (κ1) is 15.5. The molecule has 110 valence electrons. The standard InChI is InChI=1S/C17H17ClFNO/c1-10-4-6-14(11(2)8-10)12(3)20-17(21)15-7-5-13(18)9-16(15)19/h4-9,12H,1-3H3,(H,20,21)/t12-/m0/s1. The quantitative estimate of drug-likeness (QED) is 0.883. The zero-order valence-electron chi connectivity index (χ0n) is 12.2. The minimum Gasteiger partial charge on any atom is -0.345 e. The molecule has 0 aliphatic carbocycles. The molecule has 0 radical (unpaired) electrons. The fourth-order valence-electron chi connectivity index (χ4n) is 2.34. The molecule has 0 aliphatic rings. The fourth-order valence-corrected chi connectivity index (χ4v) is 2.50. The summed E-state index contributed by atoms with van der Waals surface area (Å²) in [5.41, 5.74) is 3.28. The van der Waals surface area contributed by atoms with Gasteiger partial charge in [-0.1, -0.05) is 35.4 Å². The molecular formula is C17H17ClFNO. The fraction of sp³-hybridized carbons (Fsp3) is 0.235. The molecule has 0 unspecified atom stereocenters. The minimum absolute atomic E-state index is 0.00369. The highest BCUT2D eigenvalue weighted by Crippen LogP contribution is 2.20. The molecule has 2 aromatic rings. The highest BCUT2D eigenvalue weighted by molar-refractivity contribution is 6.30. The van der Waals surface area contributed by atoms with E-state index in [1.807, 2.05) is 32.9 Å². The van der Waals surface area contributed by atoms with E-state index >= 15 is 0 Å². The third-order valence-electron chi connectivity index (χ3n) is 3.42. The van der Waals surface area contributed by atoms with Gasteiger partial charge in [0.25, 0.3) is 5.91 Å². The monoisotopic (exact) mass is 305 g/mol. The van der Waals surface area contributed by atoms with Crippen LogP contribution in [0.3, 0.4) is 0 Å². The first-order valence-corrected chi connectivity index (χ1v) is 7.09. The second-order valence-corrected chi connectivity index (χ2v) is 5.62. The van der Waals surface area contributed by atoms with Crippen LogP contribution >= 0.6 is 11.6 Å². The van der Waals surface area contributed by atoms with Gasteiger partial charge in [0.15, 0.2) is 0 Å². The van der Waals surface area contributed by atoms with Gasteiger partial charge < -0.3 is 5.32 Å². The van der Waals surface area contributed by atoms with Gasteiger partial charge in [-0.2, -0.15) is 0 Å². The Bertz CT molecular complexity index is 684. The molecule has 4 heteroatoms. The second-order valence-electron chi connectivity index (χ2n) is 5.18. The summed E-state index contributed by atoms with van der Waals surface area (Å²) in [5.74, 6) is -1.07. The van der Waals surface area contributed by atoms with Crippen molar-refractivity contribution in [2.24, 2.45) is 0 Å². The predicted octanol–water partition coefficient (Wildman–Crippen LogP) is 4.59. The van der Waals surface area contributed by atoms with Gasteiger partial charge in [-0.25, -0.2) is 4.39 Å². The maximum Gasteiger partial charge on any atom is 0.254 e. The molecule has 1 atom stereocenters. The van der Waals surface area contributed by atoms with Crippen molar-refractivity contribution in [3.63, 3.8) is 0 Å². The molecular weight excluding hydrogens is 289 g/mol. The molecule has 0 aromatic heterocycles. The summed E-state index contributed by atoms with van der Waals surface area (Å²) in [4.78, 5) is 12.1. The van der Waals surface area contributed by atoms with E-state index in [4.69, 9.17) is 11.6 Å². The molecule has 2 rings (SSSR count). The highest BCUT2D eigenvalue weighted by Gasteiger charge is 2.16. The molecule has 2 aromatic carbocycles. The summed E-state index contributed by atoms with van der Waals surface area (Å²) in [6.07, 6.45) is 0. The SMILES string of the molecule is Cc1ccc([C@H](C)NC(=O)c2ccc(Cl)cc2F)c(C)c1. The number of nitrogens with one attached hydrogen (secondary N) is 1. The van der Waals surface area contributed by atoms with Gasteiger partial charge in [0.1, 0.15) is 5.82 Å². The Kier molecular flexibility index (Phi) is 4.63. The van der Waals surface area contributed by atoms with Gasteiger partial charge in [0, 0.05) is 5.02 Å². The third kappa shape index (κ3) is 3.61. The van der Waals surface area contributed by atoms with Crippen molar-refractivity contribution in [3.8, 4) is 0 Å². The zero-order chi connectivity index (χ0) is 15.6. The second kappa shape index (κ2) is 6.27. The summed E-state index contributed by atoms with van der Waals surface area (Å²) >= 11 is 5.69. The van der Waals surface area contributed by atoms with E-state index in [9.17, 15) is 9.18 Å². The lowest BCUT2D eigenvalue weighted by atomic mass is 10.00. The average molecular weight is 306 g/mol. The number of aryl methyl sites for hydroxylation is 2. The normalized spacial score (nSPS) is 12.0. The molecule has 0 aliphatic heterocycles. The summed E-state index contributed by atoms with van der Waals surface area (Å²) < 4.78 is 13.7. The Morgan fingerprint density at radius 1 is 1.19 bits per heavy atom.